The number of anilines is 2. The lowest BCUT2D eigenvalue weighted by Crippen LogP contribution is -2.16. The average molecular weight is 298 g/mol. The molecule has 0 unspecified atom stereocenters. The van der Waals surface area contributed by atoms with Gasteiger partial charge in [0, 0.05) is 30.4 Å². The zero-order valence-corrected chi connectivity index (χ0v) is 13.3. The van der Waals surface area contributed by atoms with Gasteiger partial charge in [-0.3, -0.25) is 4.79 Å². The number of hydrogen-bond donors (Lipinski definition) is 2. The Morgan fingerprint density at radius 3 is 2.68 bits per heavy atom. The fraction of sp³-hybridized carbons (Fsp3) is 0.278. The number of hydrogen-bond acceptors (Lipinski definition) is 3. The summed E-state index contributed by atoms with van der Waals surface area (Å²) in [5.74, 6) is 0.706. The smallest absolute Gasteiger partial charge is 0.226 e. The van der Waals surface area contributed by atoms with Crippen molar-refractivity contribution in [3.63, 3.8) is 0 Å². The van der Waals surface area contributed by atoms with Crippen molar-refractivity contribution in [1.82, 2.24) is 0 Å². The van der Waals surface area contributed by atoms with E-state index in [0.717, 1.165) is 17.1 Å². The molecule has 0 aliphatic rings. The summed E-state index contributed by atoms with van der Waals surface area (Å²) in [7, 11) is 1.61. The van der Waals surface area contributed by atoms with Crippen LogP contribution in [0.1, 0.15) is 17.5 Å². The van der Waals surface area contributed by atoms with Crippen LogP contribution in [-0.2, 0) is 4.79 Å². The minimum atomic E-state index is -0.0222. The van der Waals surface area contributed by atoms with E-state index >= 15 is 0 Å². The molecule has 2 aromatic carbocycles. The maximum atomic E-state index is 12.0. The van der Waals surface area contributed by atoms with Crippen molar-refractivity contribution >= 4 is 17.3 Å². The topological polar surface area (TPSA) is 50.4 Å². The molecule has 0 heterocycles. The standard InChI is InChI=1S/C18H22N2O2/c1-13-6-4-9-17(14(13)2)19-11-10-18(21)20-15-7-5-8-16(12-15)22-3/h4-9,12,19H,10-11H2,1-3H3,(H,20,21). The molecule has 4 nitrogen and oxygen atoms in total. The highest BCUT2D eigenvalue weighted by Gasteiger charge is 2.04. The van der Waals surface area contributed by atoms with Crippen molar-refractivity contribution in [1.29, 1.82) is 0 Å². The molecule has 4 heteroatoms. The SMILES string of the molecule is COc1cccc(NC(=O)CCNc2cccc(C)c2C)c1. The second kappa shape index (κ2) is 7.50. The first-order valence-corrected chi connectivity index (χ1v) is 7.34. The van der Waals surface area contributed by atoms with E-state index in [4.69, 9.17) is 4.74 Å². The fourth-order valence-corrected chi connectivity index (χ4v) is 2.18. The normalized spacial score (nSPS) is 10.1. The first-order valence-electron chi connectivity index (χ1n) is 7.34. The Labute approximate surface area is 131 Å². The van der Waals surface area contributed by atoms with Gasteiger partial charge in [-0.05, 0) is 43.2 Å². The van der Waals surface area contributed by atoms with Gasteiger partial charge in [-0.15, -0.1) is 0 Å². The molecule has 2 N–H and O–H groups in total. The lowest BCUT2D eigenvalue weighted by atomic mass is 10.1. The molecule has 0 bridgehead atoms. The van der Waals surface area contributed by atoms with Crippen molar-refractivity contribution < 1.29 is 9.53 Å². The van der Waals surface area contributed by atoms with E-state index in [0.29, 0.717) is 13.0 Å². The van der Waals surface area contributed by atoms with E-state index in [1.54, 1.807) is 13.2 Å². The third kappa shape index (κ3) is 4.25. The molecule has 0 saturated heterocycles. The van der Waals surface area contributed by atoms with Gasteiger partial charge in [-0.1, -0.05) is 18.2 Å². The summed E-state index contributed by atoms with van der Waals surface area (Å²) in [6.07, 6.45) is 0.407. The van der Waals surface area contributed by atoms with Crippen LogP contribution in [-0.4, -0.2) is 19.6 Å². The Hall–Kier alpha value is -2.49. The lowest BCUT2D eigenvalue weighted by molar-refractivity contribution is -0.115. The summed E-state index contributed by atoms with van der Waals surface area (Å²) in [6, 6.07) is 13.5. The number of methoxy groups -OCH3 is 1. The average Bonchev–Trinajstić information content (AvgIpc) is 2.51. The summed E-state index contributed by atoms with van der Waals surface area (Å²) in [4.78, 5) is 12.0. The van der Waals surface area contributed by atoms with Crippen molar-refractivity contribution in [2.75, 3.05) is 24.3 Å². The van der Waals surface area contributed by atoms with E-state index < -0.39 is 0 Å². The highest BCUT2D eigenvalue weighted by Crippen LogP contribution is 2.18. The summed E-state index contributed by atoms with van der Waals surface area (Å²) in [5, 5.41) is 6.18. The Morgan fingerprint density at radius 2 is 1.91 bits per heavy atom. The van der Waals surface area contributed by atoms with Crippen molar-refractivity contribution in [2.45, 2.75) is 20.3 Å². The van der Waals surface area contributed by atoms with Crippen LogP contribution in [0.2, 0.25) is 0 Å². The van der Waals surface area contributed by atoms with Gasteiger partial charge in [0.15, 0.2) is 0 Å². The largest absolute Gasteiger partial charge is 0.497 e. The number of nitrogens with one attached hydrogen (secondary N) is 2. The molecular weight excluding hydrogens is 276 g/mol. The molecule has 0 aliphatic heterocycles. The summed E-state index contributed by atoms with van der Waals surface area (Å²) in [5.41, 5.74) is 4.28. The van der Waals surface area contributed by atoms with Crippen LogP contribution >= 0.6 is 0 Å². The molecule has 2 aromatic rings. The quantitative estimate of drug-likeness (QED) is 0.854. The van der Waals surface area contributed by atoms with Crippen LogP contribution in [0.15, 0.2) is 42.5 Å². The van der Waals surface area contributed by atoms with Crippen LogP contribution in [0.5, 0.6) is 5.75 Å². The van der Waals surface area contributed by atoms with Gasteiger partial charge < -0.3 is 15.4 Å². The van der Waals surface area contributed by atoms with Gasteiger partial charge >= 0.3 is 0 Å². The van der Waals surface area contributed by atoms with Crippen LogP contribution in [0, 0.1) is 13.8 Å². The van der Waals surface area contributed by atoms with E-state index in [2.05, 4.69) is 30.5 Å². The first-order chi connectivity index (χ1) is 10.6. The molecule has 0 aliphatic carbocycles. The number of amides is 1. The minimum absolute atomic E-state index is 0.0222. The monoisotopic (exact) mass is 298 g/mol. The van der Waals surface area contributed by atoms with E-state index in [1.165, 1.54) is 11.1 Å². The predicted molar refractivity (Wildman–Crippen MR) is 90.6 cm³/mol. The van der Waals surface area contributed by atoms with Gasteiger partial charge in [-0.2, -0.15) is 0 Å². The number of rotatable bonds is 6. The fourth-order valence-electron chi connectivity index (χ4n) is 2.18. The molecule has 0 atom stereocenters. The lowest BCUT2D eigenvalue weighted by Gasteiger charge is -2.11. The Bertz CT molecular complexity index is 653. The second-order valence-electron chi connectivity index (χ2n) is 5.20. The molecule has 1 amide bonds. The maximum absolute atomic E-state index is 12.0. The molecule has 0 radical (unpaired) electrons. The Morgan fingerprint density at radius 1 is 1.14 bits per heavy atom. The predicted octanol–water partition coefficient (Wildman–Crippen LogP) is 3.75. The van der Waals surface area contributed by atoms with Gasteiger partial charge in [0.1, 0.15) is 5.75 Å². The molecule has 0 fully saturated rings. The first kappa shape index (κ1) is 15.9. The summed E-state index contributed by atoms with van der Waals surface area (Å²) >= 11 is 0. The van der Waals surface area contributed by atoms with Crippen LogP contribution in [0.25, 0.3) is 0 Å². The van der Waals surface area contributed by atoms with Crippen LogP contribution in [0.3, 0.4) is 0 Å². The Balaban J connectivity index is 1.84. The number of benzene rings is 2. The molecular formula is C18H22N2O2. The zero-order valence-electron chi connectivity index (χ0n) is 13.3. The Kier molecular flexibility index (Phi) is 5.42. The van der Waals surface area contributed by atoms with Crippen molar-refractivity contribution in [2.24, 2.45) is 0 Å². The molecule has 0 aromatic heterocycles. The van der Waals surface area contributed by atoms with E-state index in [9.17, 15) is 4.79 Å². The third-order valence-electron chi connectivity index (χ3n) is 3.63. The van der Waals surface area contributed by atoms with E-state index in [-0.39, 0.29) is 5.91 Å². The minimum Gasteiger partial charge on any atom is -0.497 e. The molecule has 0 saturated carbocycles. The highest BCUT2D eigenvalue weighted by molar-refractivity contribution is 5.91. The van der Waals surface area contributed by atoms with Crippen molar-refractivity contribution in [3.05, 3.63) is 53.6 Å². The summed E-state index contributed by atoms with van der Waals surface area (Å²) in [6.45, 7) is 4.75. The molecule has 0 spiro atoms. The maximum Gasteiger partial charge on any atom is 0.226 e. The van der Waals surface area contributed by atoms with Gasteiger partial charge in [-0.25, -0.2) is 0 Å². The molecule has 22 heavy (non-hydrogen) atoms. The van der Waals surface area contributed by atoms with Crippen molar-refractivity contribution in [3.8, 4) is 5.75 Å². The molecule has 2 rings (SSSR count). The highest BCUT2D eigenvalue weighted by atomic mass is 16.5. The number of aryl methyl sites for hydroxylation is 1. The van der Waals surface area contributed by atoms with Crippen LogP contribution in [0.4, 0.5) is 11.4 Å². The number of carbonyl (C=O) groups excluding carboxylic acids is 1. The zero-order chi connectivity index (χ0) is 15.9. The van der Waals surface area contributed by atoms with E-state index in [1.807, 2.05) is 30.3 Å². The molecule has 116 valence electrons. The number of ether oxygens (including phenoxy) is 1. The number of carbonyl (C=O) groups is 1. The van der Waals surface area contributed by atoms with Gasteiger partial charge in [0.2, 0.25) is 5.91 Å². The van der Waals surface area contributed by atoms with Gasteiger partial charge in [0.25, 0.3) is 0 Å². The van der Waals surface area contributed by atoms with Gasteiger partial charge in [0.05, 0.1) is 7.11 Å². The summed E-state index contributed by atoms with van der Waals surface area (Å²) < 4.78 is 5.14. The van der Waals surface area contributed by atoms with Crippen LogP contribution < -0.4 is 15.4 Å². The third-order valence-corrected chi connectivity index (χ3v) is 3.63. The second-order valence-corrected chi connectivity index (χ2v) is 5.20.